The summed E-state index contributed by atoms with van der Waals surface area (Å²) in [4.78, 5) is 12.4. The van der Waals surface area contributed by atoms with Crippen LogP contribution < -0.4 is 5.32 Å². The monoisotopic (exact) mass is 386 g/mol. The predicted molar refractivity (Wildman–Crippen MR) is 99.4 cm³/mol. The number of halogens is 3. The Kier molecular flexibility index (Phi) is 4.49. The van der Waals surface area contributed by atoms with E-state index in [9.17, 15) is 13.2 Å². The van der Waals surface area contributed by atoms with Crippen LogP contribution in [0.25, 0.3) is 21.6 Å². The molecular weight excluding hydrogens is 373 g/mol. The van der Waals surface area contributed by atoms with Crippen molar-refractivity contribution in [2.45, 2.75) is 12.7 Å². The van der Waals surface area contributed by atoms with Crippen molar-refractivity contribution in [1.82, 2.24) is 15.0 Å². The highest BCUT2D eigenvalue weighted by Crippen LogP contribution is 2.40. The van der Waals surface area contributed by atoms with Crippen molar-refractivity contribution < 1.29 is 13.2 Å². The summed E-state index contributed by atoms with van der Waals surface area (Å²) in [6, 6.07) is 14.1. The summed E-state index contributed by atoms with van der Waals surface area (Å²) in [5.41, 5.74) is 1.69. The number of alkyl halides is 3. The Bertz CT molecular complexity index is 1060. The highest BCUT2D eigenvalue weighted by atomic mass is 32.1. The third-order valence-corrected chi connectivity index (χ3v) is 4.99. The van der Waals surface area contributed by atoms with Gasteiger partial charge in [0.15, 0.2) is 5.82 Å². The van der Waals surface area contributed by atoms with Crippen molar-refractivity contribution in [1.29, 1.82) is 0 Å². The number of thiophene rings is 1. The third-order valence-electron chi connectivity index (χ3n) is 3.91. The molecule has 4 rings (SSSR count). The maximum Gasteiger partial charge on any atom is 0.425 e. The summed E-state index contributed by atoms with van der Waals surface area (Å²) in [5.74, 6) is 0.735. The minimum absolute atomic E-state index is 0.291. The van der Waals surface area contributed by atoms with Gasteiger partial charge >= 0.3 is 6.18 Å². The van der Waals surface area contributed by atoms with Crippen LogP contribution in [0.1, 0.15) is 10.4 Å². The quantitative estimate of drug-likeness (QED) is 0.511. The van der Waals surface area contributed by atoms with E-state index < -0.39 is 11.1 Å². The van der Waals surface area contributed by atoms with E-state index in [1.165, 1.54) is 0 Å². The fourth-order valence-electron chi connectivity index (χ4n) is 2.61. The minimum atomic E-state index is -4.42. The van der Waals surface area contributed by atoms with Crippen LogP contribution in [0.2, 0.25) is 0 Å². The number of aromatic nitrogens is 3. The molecule has 0 bridgehead atoms. The lowest BCUT2D eigenvalue weighted by molar-refractivity contribution is -0.134. The highest BCUT2D eigenvalue weighted by molar-refractivity contribution is 7.18. The summed E-state index contributed by atoms with van der Waals surface area (Å²) >= 11 is 0.617. The fourth-order valence-corrected chi connectivity index (χ4v) is 3.51. The zero-order valence-corrected chi connectivity index (χ0v) is 14.7. The number of anilines is 1. The fraction of sp³-hybridized carbons (Fsp3) is 0.105. The van der Waals surface area contributed by atoms with Crippen LogP contribution in [0.5, 0.6) is 0 Å². The van der Waals surface area contributed by atoms with E-state index in [1.54, 1.807) is 24.5 Å². The first kappa shape index (κ1) is 17.4. The standard InChI is InChI=1S/C19H13F3N4S/c20-19(21,22)15-10-14-17(24-11-12-4-2-1-3-5-12)25-16(26-18(14)27-15)13-6-8-23-9-7-13/h1-10H,11H2,(H,24,25,26). The van der Waals surface area contributed by atoms with Gasteiger partial charge in [-0.2, -0.15) is 13.2 Å². The number of fused-ring (bicyclic) bond motifs is 1. The largest absolute Gasteiger partial charge is 0.425 e. The molecule has 136 valence electrons. The molecule has 0 spiro atoms. The van der Waals surface area contributed by atoms with Crippen molar-refractivity contribution in [3.63, 3.8) is 0 Å². The second-order valence-electron chi connectivity index (χ2n) is 5.80. The van der Waals surface area contributed by atoms with Gasteiger partial charge < -0.3 is 5.32 Å². The number of benzene rings is 1. The molecule has 1 N–H and O–H groups in total. The van der Waals surface area contributed by atoms with Crippen LogP contribution in [0.15, 0.2) is 60.9 Å². The van der Waals surface area contributed by atoms with Gasteiger partial charge in [-0.15, -0.1) is 11.3 Å². The van der Waals surface area contributed by atoms with Crippen molar-refractivity contribution in [2.24, 2.45) is 0 Å². The summed E-state index contributed by atoms with van der Waals surface area (Å²) in [6.07, 6.45) is -1.23. The molecule has 0 fully saturated rings. The van der Waals surface area contributed by atoms with Gasteiger partial charge in [-0.3, -0.25) is 4.98 Å². The predicted octanol–water partition coefficient (Wildman–Crippen LogP) is 5.38. The van der Waals surface area contributed by atoms with Gasteiger partial charge in [0, 0.05) is 24.5 Å². The first-order chi connectivity index (χ1) is 13.0. The average molecular weight is 386 g/mol. The molecule has 4 nitrogen and oxygen atoms in total. The Hall–Kier alpha value is -3.00. The zero-order valence-electron chi connectivity index (χ0n) is 13.9. The number of hydrogen-bond acceptors (Lipinski definition) is 5. The molecule has 0 radical (unpaired) electrons. The Morgan fingerprint density at radius 2 is 1.70 bits per heavy atom. The third kappa shape index (κ3) is 3.75. The van der Waals surface area contributed by atoms with Crippen LogP contribution >= 0.6 is 11.3 Å². The summed E-state index contributed by atoms with van der Waals surface area (Å²) in [6.45, 7) is 0.444. The summed E-state index contributed by atoms with van der Waals surface area (Å²) in [5, 5.41) is 3.51. The lowest BCUT2D eigenvalue weighted by Gasteiger charge is -2.09. The molecule has 0 aliphatic carbocycles. The van der Waals surface area contributed by atoms with Gasteiger partial charge in [-0.05, 0) is 23.8 Å². The van der Waals surface area contributed by atoms with Crippen LogP contribution in [-0.2, 0) is 12.7 Å². The first-order valence-corrected chi connectivity index (χ1v) is 8.89. The molecule has 4 aromatic rings. The van der Waals surface area contributed by atoms with Crippen LogP contribution in [-0.4, -0.2) is 15.0 Å². The van der Waals surface area contributed by atoms with Crippen LogP contribution in [0.3, 0.4) is 0 Å². The maximum absolute atomic E-state index is 13.2. The molecule has 8 heteroatoms. The van der Waals surface area contributed by atoms with Gasteiger partial charge in [0.25, 0.3) is 0 Å². The lowest BCUT2D eigenvalue weighted by atomic mass is 10.2. The Labute approximate surface area is 156 Å². The molecule has 0 saturated heterocycles. The number of nitrogens with one attached hydrogen (secondary N) is 1. The molecule has 0 aliphatic rings. The molecule has 0 unspecified atom stereocenters. The van der Waals surface area contributed by atoms with E-state index >= 15 is 0 Å². The smallest absolute Gasteiger partial charge is 0.365 e. The molecule has 27 heavy (non-hydrogen) atoms. The molecule has 3 aromatic heterocycles. The second kappa shape index (κ2) is 6.96. The Morgan fingerprint density at radius 3 is 2.41 bits per heavy atom. The van der Waals surface area contributed by atoms with E-state index in [4.69, 9.17) is 0 Å². The van der Waals surface area contributed by atoms with E-state index in [1.807, 2.05) is 30.3 Å². The lowest BCUT2D eigenvalue weighted by Crippen LogP contribution is -2.03. The molecule has 0 saturated carbocycles. The van der Waals surface area contributed by atoms with E-state index in [0.29, 0.717) is 45.3 Å². The summed E-state index contributed by atoms with van der Waals surface area (Å²) in [7, 11) is 0. The average Bonchev–Trinajstić information content (AvgIpc) is 3.12. The second-order valence-corrected chi connectivity index (χ2v) is 6.83. The molecule has 0 atom stereocenters. The van der Waals surface area contributed by atoms with Crippen molar-refractivity contribution in [3.05, 3.63) is 71.4 Å². The zero-order chi connectivity index (χ0) is 18.9. The topological polar surface area (TPSA) is 50.7 Å². The minimum Gasteiger partial charge on any atom is -0.365 e. The van der Waals surface area contributed by atoms with Crippen LogP contribution in [0, 0.1) is 0 Å². The van der Waals surface area contributed by atoms with Crippen molar-refractivity contribution in [3.8, 4) is 11.4 Å². The van der Waals surface area contributed by atoms with Gasteiger partial charge in [0.1, 0.15) is 15.5 Å². The van der Waals surface area contributed by atoms with Gasteiger partial charge in [0.2, 0.25) is 0 Å². The molecular formula is C19H13F3N4S. The SMILES string of the molecule is FC(F)(F)c1cc2c(NCc3ccccc3)nc(-c3ccncc3)nc2s1. The normalized spacial score (nSPS) is 11.7. The molecule has 1 aromatic carbocycles. The van der Waals surface area contributed by atoms with Crippen molar-refractivity contribution in [2.75, 3.05) is 5.32 Å². The van der Waals surface area contributed by atoms with E-state index in [2.05, 4.69) is 20.3 Å². The highest BCUT2D eigenvalue weighted by Gasteiger charge is 2.33. The Balaban J connectivity index is 1.79. The first-order valence-electron chi connectivity index (χ1n) is 8.08. The maximum atomic E-state index is 13.2. The van der Waals surface area contributed by atoms with Gasteiger partial charge in [0.05, 0.1) is 5.39 Å². The molecule has 3 heterocycles. The summed E-state index contributed by atoms with van der Waals surface area (Å²) < 4.78 is 39.5. The van der Waals surface area contributed by atoms with Crippen LogP contribution in [0.4, 0.5) is 19.0 Å². The van der Waals surface area contributed by atoms with Gasteiger partial charge in [-0.25, -0.2) is 9.97 Å². The molecule has 0 amide bonds. The number of pyridine rings is 1. The van der Waals surface area contributed by atoms with E-state index in [0.717, 1.165) is 11.6 Å². The number of rotatable bonds is 4. The number of nitrogens with zero attached hydrogens (tertiary/aromatic N) is 3. The number of hydrogen-bond donors (Lipinski definition) is 1. The van der Waals surface area contributed by atoms with Gasteiger partial charge in [-0.1, -0.05) is 30.3 Å². The molecule has 0 aliphatic heterocycles. The van der Waals surface area contributed by atoms with E-state index in [-0.39, 0.29) is 0 Å². The Morgan fingerprint density at radius 1 is 0.963 bits per heavy atom. The van der Waals surface area contributed by atoms with Crippen molar-refractivity contribution >= 4 is 27.4 Å².